The van der Waals surface area contributed by atoms with E-state index in [-0.39, 0.29) is 11.6 Å². The first-order valence-corrected chi connectivity index (χ1v) is 8.88. The number of rotatable bonds is 2. The second-order valence-electron chi connectivity index (χ2n) is 8.94. The average molecular weight is 286 g/mol. The monoisotopic (exact) mass is 286 g/mol. The van der Waals surface area contributed by atoms with Gasteiger partial charge in [0.2, 0.25) is 0 Å². The van der Waals surface area contributed by atoms with Crippen LogP contribution in [0, 0.1) is 47.3 Å². The van der Waals surface area contributed by atoms with Crippen LogP contribution in [0.25, 0.3) is 0 Å². The van der Waals surface area contributed by atoms with Crippen molar-refractivity contribution in [2.24, 2.45) is 47.3 Å². The topological polar surface area (TPSA) is 26.3 Å². The molecule has 7 aliphatic carbocycles. The van der Waals surface area contributed by atoms with Crippen molar-refractivity contribution < 1.29 is 9.53 Å². The number of esters is 1. The third-order valence-electron chi connectivity index (χ3n) is 8.19. The van der Waals surface area contributed by atoms with Gasteiger partial charge in [-0.15, -0.1) is 0 Å². The lowest BCUT2D eigenvalue weighted by Crippen LogP contribution is -2.71. The van der Waals surface area contributed by atoms with Gasteiger partial charge in [-0.05, 0) is 87.4 Å². The summed E-state index contributed by atoms with van der Waals surface area (Å²) in [5, 5.41) is 0. The SMILES string of the molecule is C=C(C)C(=O)OC1(C)C2CC3C4CC5CC3C1C(C5)C4C2. The molecule has 114 valence electrons. The number of carbonyl (C=O) groups excluding carboxylic acids is 1. The number of ether oxygens (including phenoxy) is 1. The summed E-state index contributed by atoms with van der Waals surface area (Å²) >= 11 is 0. The van der Waals surface area contributed by atoms with Crippen molar-refractivity contribution in [1.82, 2.24) is 0 Å². The van der Waals surface area contributed by atoms with Crippen molar-refractivity contribution in [2.75, 3.05) is 0 Å². The second-order valence-corrected chi connectivity index (χ2v) is 8.94. The minimum Gasteiger partial charge on any atom is -0.455 e. The molecule has 7 saturated carbocycles. The summed E-state index contributed by atoms with van der Waals surface area (Å²) in [6, 6.07) is 0. The molecule has 0 spiro atoms. The first-order valence-electron chi connectivity index (χ1n) is 8.88. The van der Waals surface area contributed by atoms with Crippen molar-refractivity contribution in [1.29, 1.82) is 0 Å². The Morgan fingerprint density at radius 1 is 1.00 bits per heavy atom. The molecule has 2 heteroatoms. The van der Waals surface area contributed by atoms with Gasteiger partial charge < -0.3 is 4.74 Å². The van der Waals surface area contributed by atoms with E-state index in [0.29, 0.717) is 17.4 Å². The van der Waals surface area contributed by atoms with Crippen molar-refractivity contribution in [3.8, 4) is 0 Å². The molecule has 8 bridgehead atoms. The Hall–Kier alpha value is -0.790. The number of hydrogen-bond donors (Lipinski definition) is 0. The predicted molar refractivity (Wildman–Crippen MR) is 80.3 cm³/mol. The van der Waals surface area contributed by atoms with Crippen LogP contribution in [0.3, 0.4) is 0 Å². The van der Waals surface area contributed by atoms with E-state index >= 15 is 0 Å². The second kappa shape index (κ2) is 3.75. The van der Waals surface area contributed by atoms with Crippen LogP contribution in [-0.4, -0.2) is 11.6 Å². The Balaban J connectivity index is 1.55. The fourth-order valence-corrected chi connectivity index (χ4v) is 7.72. The Morgan fingerprint density at radius 3 is 2.10 bits per heavy atom. The highest BCUT2D eigenvalue weighted by Crippen LogP contribution is 2.74. The first-order chi connectivity index (χ1) is 9.99. The molecule has 0 aliphatic heterocycles. The lowest BCUT2D eigenvalue weighted by Gasteiger charge is -2.73. The maximum Gasteiger partial charge on any atom is 0.333 e. The molecule has 5 unspecified atom stereocenters. The zero-order valence-electron chi connectivity index (χ0n) is 13.2. The van der Waals surface area contributed by atoms with Crippen LogP contribution < -0.4 is 0 Å². The highest BCUT2D eigenvalue weighted by Gasteiger charge is 2.71. The molecule has 7 aliphatic rings. The van der Waals surface area contributed by atoms with Crippen molar-refractivity contribution in [3.05, 3.63) is 12.2 Å². The molecule has 0 aromatic carbocycles. The molecule has 0 heterocycles. The van der Waals surface area contributed by atoms with E-state index in [4.69, 9.17) is 4.74 Å². The molecule has 21 heavy (non-hydrogen) atoms. The van der Waals surface area contributed by atoms with Gasteiger partial charge in [-0.2, -0.15) is 0 Å². The normalized spacial score (nSPS) is 58.6. The van der Waals surface area contributed by atoms with Gasteiger partial charge in [-0.25, -0.2) is 4.79 Å². The van der Waals surface area contributed by atoms with E-state index in [2.05, 4.69) is 13.5 Å². The molecule has 0 amide bonds. The summed E-state index contributed by atoms with van der Waals surface area (Å²) in [6.45, 7) is 7.82. The van der Waals surface area contributed by atoms with Crippen LogP contribution in [0.4, 0.5) is 0 Å². The lowest BCUT2D eigenvalue weighted by atomic mass is 9.33. The molecule has 0 radical (unpaired) electrons. The van der Waals surface area contributed by atoms with Crippen LogP contribution in [-0.2, 0) is 9.53 Å². The quantitative estimate of drug-likeness (QED) is 0.570. The van der Waals surface area contributed by atoms with Crippen LogP contribution in [0.15, 0.2) is 12.2 Å². The standard InChI is InChI=1S/C19H26O2/c1-9(2)18(20)21-19(3)11-7-13-12-4-10-5-15(13)17(19)16(6-10)14(12)8-11/h10-17H,1,4-8H2,2-3H3. The minimum atomic E-state index is -0.203. The van der Waals surface area contributed by atoms with Crippen LogP contribution in [0.1, 0.15) is 46.0 Å². The maximum atomic E-state index is 12.2. The van der Waals surface area contributed by atoms with E-state index in [1.165, 1.54) is 32.1 Å². The first kappa shape index (κ1) is 12.7. The third-order valence-corrected chi connectivity index (χ3v) is 8.19. The molecule has 7 fully saturated rings. The summed E-state index contributed by atoms with van der Waals surface area (Å²) < 4.78 is 6.12. The van der Waals surface area contributed by atoms with Gasteiger partial charge in [0.25, 0.3) is 0 Å². The van der Waals surface area contributed by atoms with Gasteiger partial charge in [-0.1, -0.05) is 6.58 Å². The average Bonchev–Trinajstić information content (AvgIpc) is 2.44. The highest BCUT2D eigenvalue weighted by atomic mass is 16.6. The van der Waals surface area contributed by atoms with E-state index in [1.807, 2.05) is 0 Å². The van der Waals surface area contributed by atoms with Crippen molar-refractivity contribution in [3.63, 3.8) is 0 Å². The van der Waals surface area contributed by atoms with Gasteiger partial charge in [0.15, 0.2) is 0 Å². The van der Waals surface area contributed by atoms with E-state index < -0.39 is 0 Å². The van der Waals surface area contributed by atoms with Crippen LogP contribution >= 0.6 is 0 Å². The van der Waals surface area contributed by atoms with Crippen LogP contribution in [0.2, 0.25) is 0 Å². The number of hydrogen-bond acceptors (Lipinski definition) is 2. The Kier molecular flexibility index (Phi) is 2.27. The molecule has 7 rings (SSSR count). The molecule has 0 aromatic heterocycles. The summed E-state index contributed by atoms with van der Waals surface area (Å²) in [5.41, 5.74) is 0.351. The van der Waals surface area contributed by atoms with Gasteiger partial charge in [-0.3, -0.25) is 0 Å². The third kappa shape index (κ3) is 1.38. The summed E-state index contributed by atoms with van der Waals surface area (Å²) in [4.78, 5) is 12.2. The zero-order chi connectivity index (χ0) is 14.5. The van der Waals surface area contributed by atoms with E-state index in [0.717, 1.165) is 35.5 Å². The fourth-order valence-electron chi connectivity index (χ4n) is 7.72. The predicted octanol–water partition coefficient (Wildman–Crippen LogP) is 3.81. The molecule has 5 atom stereocenters. The molecule has 0 saturated heterocycles. The smallest absolute Gasteiger partial charge is 0.333 e. The van der Waals surface area contributed by atoms with Crippen LogP contribution in [0.5, 0.6) is 0 Å². The lowest BCUT2D eigenvalue weighted by molar-refractivity contribution is -0.288. The molecule has 2 nitrogen and oxygen atoms in total. The molecular formula is C19H26O2. The molecular weight excluding hydrogens is 260 g/mol. The van der Waals surface area contributed by atoms with Crippen molar-refractivity contribution >= 4 is 5.97 Å². The Morgan fingerprint density at radius 2 is 1.52 bits per heavy atom. The van der Waals surface area contributed by atoms with E-state index in [9.17, 15) is 4.79 Å². The summed E-state index contributed by atoms with van der Waals surface area (Å²) in [7, 11) is 0. The van der Waals surface area contributed by atoms with Crippen molar-refractivity contribution in [2.45, 2.75) is 51.6 Å². The molecule has 0 aromatic rings. The largest absolute Gasteiger partial charge is 0.455 e. The number of carbonyl (C=O) groups is 1. The summed E-state index contributed by atoms with van der Waals surface area (Å²) in [5.74, 6) is 6.74. The van der Waals surface area contributed by atoms with E-state index in [1.54, 1.807) is 6.92 Å². The van der Waals surface area contributed by atoms with Gasteiger partial charge in [0, 0.05) is 11.5 Å². The zero-order valence-corrected chi connectivity index (χ0v) is 13.2. The maximum absolute atomic E-state index is 12.2. The highest BCUT2D eigenvalue weighted by molar-refractivity contribution is 5.87. The fraction of sp³-hybridized carbons (Fsp3) is 0.842. The summed E-state index contributed by atoms with van der Waals surface area (Å²) in [6.07, 6.45) is 7.00. The Bertz CT molecular complexity index is 514. The minimum absolute atomic E-state index is 0.159. The van der Waals surface area contributed by atoms with Gasteiger partial charge >= 0.3 is 5.97 Å². The van der Waals surface area contributed by atoms with Gasteiger partial charge in [0.1, 0.15) is 5.60 Å². The van der Waals surface area contributed by atoms with Gasteiger partial charge in [0.05, 0.1) is 0 Å². The molecule has 0 N–H and O–H groups in total. The Labute approximate surface area is 127 Å².